The Balaban J connectivity index is 3.18. The fraction of sp³-hybridized carbons (Fsp3) is 0.455. The molecule has 0 saturated carbocycles. The summed E-state index contributed by atoms with van der Waals surface area (Å²) in [6, 6.07) is 6.93. The molecular weight excluding hydrogens is 254 g/mol. The fourth-order valence-corrected chi connectivity index (χ4v) is 1.88. The summed E-state index contributed by atoms with van der Waals surface area (Å²) < 4.78 is -1.53. The van der Waals surface area contributed by atoms with Crippen LogP contribution in [0.3, 0.4) is 0 Å². The molecule has 0 fully saturated rings. The molecule has 0 N–H and O–H groups in total. The van der Waals surface area contributed by atoms with Crippen LogP contribution in [-0.4, -0.2) is 0 Å². The first-order valence-corrected chi connectivity index (χ1v) is 5.79. The largest absolute Gasteiger partial charge is 0.228 e. The fourth-order valence-electron chi connectivity index (χ4n) is 1.36. The van der Waals surface area contributed by atoms with E-state index in [1.807, 2.05) is 13.8 Å². The van der Waals surface area contributed by atoms with Crippen molar-refractivity contribution in [3.05, 3.63) is 35.4 Å². The summed E-state index contributed by atoms with van der Waals surface area (Å²) in [4.78, 5) is 0. The smallest absolute Gasteiger partial charge is 0.216 e. The van der Waals surface area contributed by atoms with Crippen LogP contribution in [0.2, 0.25) is 0 Å². The Morgan fingerprint density at radius 2 is 1.67 bits per heavy atom. The molecule has 0 aromatic heterocycles. The number of halogens is 3. The van der Waals surface area contributed by atoms with Crippen molar-refractivity contribution in [2.24, 2.45) is 5.92 Å². The highest BCUT2D eigenvalue weighted by atomic mass is 35.6. The molecule has 0 spiro atoms. The maximum absolute atomic E-state index is 11.9. The van der Waals surface area contributed by atoms with Gasteiger partial charge in [0.1, 0.15) is 6.10 Å². The van der Waals surface area contributed by atoms with Gasteiger partial charge in [0, 0.05) is 5.56 Å². The first-order chi connectivity index (χ1) is 6.84. The van der Waals surface area contributed by atoms with Crippen LogP contribution in [0.1, 0.15) is 31.1 Å². The first kappa shape index (κ1) is 13.1. The predicted molar refractivity (Wildman–Crippen MR) is 63.9 cm³/mol. The molecule has 83 valence electrons. The maximum atomic E-state index is 11.9. The third-order valence-corrected chi connectivity index (χ3v) is 2.79. The Morgan fingerprint density at radius 3 is 2.13 bits per heavy atom. The Hall–Kier alpha value is 0.0500. The van der Waals surface area contributed by atoms with Gasteiger partial charge in [-0.25, -0.2) is 5.11 Å². The van der Waals surface area contributed by atoms with Crippen LogP contribution >= 0.6 is 34.8 Å². The van der Waals surface area contributed by atoms with Crippen molar-refractivity contribution in [2.45, 2.75) is 23.7 Å². The third-order valence-electron chi connectivity index (χ3n) is 2.18. The highest BCUT2D eigenvalue weighted by molar-refractivity contribution is 6.66. The summed E-state index contributed by atoms with van der Waals surface area (Å²) >= 11 is 17.4. The lowest BCUT2D eigenvalue weighted by Gasteiger charge is -2.20. The molecule has 1 atom stereocenters. The van der Waals surface area contributed by atoms with Crippen LogP contribution in [0.25, 0.3) is 0 Å². The van der Waals surface area contributed by atoms with Crippen LogP contribution in [0.15, 0.2) is 24.3 Å². The molecule has 0 aliphatic heterocycles. The summed E-state index contributed by atoms with van der Waals surface area (Å²) in [6.07, 6.45) is -0.864. The van der Waals surface area contributed by atoms with E-state index in [0.29, 0.717) is 11.1 Å². The van der Waals surface area contributed by atoms with Gasteiger partial charge in [0.2, 0.25) is 3.79 Å². The van der Waals surface area contributed by atoms with Crippen LogP contribution in [0.5, 0.6) is 0 Å². The average molecular weight is 267 g/mol. The highest BCUT2D eigenvalue weighted by Crippen LogP contribution is 2.42. The van der Waals surface area contributed by atoms with Gasteiger partial charge in [-0.3, -0.25) is 0 Å². The van der Waals surface area contributed by atoms with E-state index >= 15 is 0 Å². The molecule has 0 saturated heterocycles. The van der Waals surface area contributed by atoms with E-state index in [9.17, 15) is 5.11 Å². The van der Waals surface area contributed by atoms with Crippen molar-refractivity contribution in [3.8, 4) is 0 Å². The predicted octanol–water partition coefficient (Wildman–Crippen LogP) is 4.64. The number of benzene rings is 1. The van der Waals surface area contributed by atoms with Crippen molar-refractivity contribution in [3.63, 3.8) is 0 Å². The zero-order valence-corrected chi connectivity index (χ0v) is 10.8. The molecule has 0 aliphatic rings. The summed E-state index contributed by atoms with van der Waals surface area (Å²) in [5.41, 5.74) is 1.04. The Labute approximate surface area is 105 Å². The van der Waals surface area contributed by atoms with Crippen LogP contribution < -0.4 is 0 Å². The summed E-state index contributed by atoms with van der Waals surface area (Å²) in [7, 11) is 0. The van der Waals surface area contributed by atoms with Gasteiger partial charge < -0.3 is 0 Å². The van der Waals surface area contributed by atoms with Gasteiger partial charge in [0.15, 0.2) is 0 Å². The minimum atomic E-state index is -1.53. The minimum Gasteiger partial charge on any atom is -0.228 e. The number of rotatable bonds is 2. The molecule has 1 unspecified atom stereocenters. The highest BCUT2D eigenvalue weighted by Gasteiger charge is 2.29. The second-order valence-corrected chi connectivity index (χ2v) is 6.03. The van der Waals surface area contributed by atoms with Gasteiger partial charge in [-0.1, -0.05) is 72.9 Å². The van der Waals surface area contributed by atoms with Crippen molar-refractivity contribution >= 4 is 34.8 Å². The minimum absolute atomic E-state index is 0.0292. The summed E-state index contributed by atoms with van der Waals surface area (Å²) in [6.45, 7) is 3.71. The molecule has 0 amide bonds. The Morgan fingerprint density at radius 1 is 1.13 bits per heavy atom. The van der Waals surface area contributed by atoms with Crippen LogP contribution in [0, 0.1) is 5.92 Å². The number of alkyl halides is 3. The molecule has 0 aliphatic carbocycles. The van der Waals surface area contributed by atoms with E-state index in [0.717, 1.165) is 0 Å². The molecule has 1 radical (unpaired) electrons. The number of hydrogen-bond acceptors (Lipinski definition) is 0. The Bertz CT molecular complexity index is 331. The SMILES string of the molecule is CC(C)C([O])c1ccccc1C(Cl)(Cl)Cl. The van der Waals surface area contributed by atoms with Gasteiger partial charge in [-0.05, 0) is 11.5 Å². The molecule has 1 rings (SSSR count). The quantitative estimate of drug-likeness (QED) is 0.695. The van der Waals surface area contributed by atoms with Crippen molar-refractivity contribution in [1.82, 2.24) is 0 Å². The lowest BCUT2D eigenvalue weighted by Crippen LogP contribution is -2.11. The van der Waals surface area contributed by atoms with Crippen LogP contribution in [-0.2, 0) is 8.90 Å². The topological polar surface area (TPSA) is 19.9 Å². The zero-order valence-electron chi connectivity index (χ0n) is 8.51. The van der Waals surface area contributed by atoms with Gasteiger partial charge in [0.05, 0.1) is 0 Å². The molecule has 4 heteroatoms. The Kier molecular flexibility index (Phi) is 4.30. The van der Waals surface area contributed by atoms with Gasteiger partial charge in [-0.2, -0.15) is 0 Å². The normalized spacial score (nSPS) is 14.3. The molecule has 1 aromatic rings. The first-order valence-electron chi connectivity index (χ1n) is 4.66. The molecule has 1 aromatic carbocycles. The third kappa shape index (κ3) is 3.25. The van der Waals surface area contributed by atoms with E-state index in [-0.39, 0.29) is 5.92 Å². The lowest BCUT2D eigenvalue weighted by molar-refractivity contribution is 0.0481. The molecule has 15 heavy (non-hydrogen) atoms. The second kappa shape index (κ2) is 4.92. The van der Waals surface area contributed by atoms with Crippen molar-refractivity contribution in [2.75, 3.05) is 0 Å². The van der Waals surface area contributed by atoms with Gasteiger partial charge in [0.25, 0.3) is 0 Å². The van der Waals surface area contributed by atoms with E-state index < -0.39 is 9.90 Å². The monoisotopic (exact) mass is 265 g/mol. The molecule has 0 bridgehead atoms. The van der Waals surface area contributed by atoms with Gasteiger partial charge in [-0.15, -0.1) is 0 Å². The number of hydrogen-bond donors (Lipinski definition) is 0. The standard InChI is InChI=1S/C11H12Cl3O/c1-7(2)10(15)8-5-3-4-6-9(8)11(12,13)14/h3-7,10H,1-2H3. The summed E-state index contributed by atoms with van der Waals surface area (Å²) in [5, 5.41) is 11.9. The molecule has 0 heterocycles. The zero-order chi connectivity index (χ0) is 11.6. The lowest BCUT2D eigenvalue weighted by atomic mass is 9.95. The summed E-state index contributed by atoms with van der Waals surface area (Å²) in [5.74, 6) is -0.0292. The van der Waals surface area contributed by atoms with Crippen molar-refractivity contribution in [1.29, 1.82) is 0 Å². The molecule has 1 nitrogen and oxygen atoms in total. The van der Waals surface area contributed by atoms with E-state index in [1.165, 1.54) is 0 Å². The maximum Gasteiger partial charge on any atom is 0.216 e. The van der Waals surface area contributed by atoms with E-state index in [1.54, 1.807) is 24.3 Å². The second-order valence-electron chi connectivity index (χ2n) is 3.75. The van der Waals surface area contributed by atoms with E-state index in [2.05, 4.69) is 0 Å². The van der Waals surface area contributed by atoms with Crippen molar-refractivity contribution < 1.29 is 5.11 Å². The average Bonchev–Trinajstić information content (AvgIpc) is 2.15. The van der Waals surface area contributed by atoms with Crippen LogP contribution in [0.4, 0.5) is 0 Å². The van der Waals surface area contributed by atoms with Gasteiger partial charge >= 0.3 is 0 Å². The molecular formula is C11H12Cl3O. The van der Waals surface area contributed by atoms with E-state index in [4.69, 9.17) is 34.8 Å².